The fourth-order valence-corrected chi connectivity index (χ4v) is 3.73. The summed E-state index contributed by atoms with van der Waals surface area (Å²) in [6, 6.07) is 8.78. The van der Waals surface area contributed by atoms with Gasteiger partial charge in [-0.15, -0.1) is 0 Å². The predicted octanol–water partition coefficient (Wildman–Crippen LogP) is 6.68. The molecule has 4 aromatic rings. The van der Waals surface area contributed by atoms with Crippen LogP contribution < -0.4 is 5.32 Å². The van der Waals surface area contributed by atoms with E-state index >= 15 is 0 Å². The number of rotatable bonds is 7. The Hall–Kier alpha value is -4.22. The van der Waals surface area contributed by atoms with E-state index in [4.69, 9.17) is 4.74 Å². The summed E-state index contributed by atoms with van der Waals surface area (Å²) in [5.41, 5.74) is -0.328. The molecule has 0 saturated heterocycles. The number of aromatic nitrogens is 3. The molecule has 198 valence electrons. The standard InChI is InChI=1S/C26H20F6N4O2/c1-3-38-20(37)11-10-19-34-18-12-14(23-13(2)21(27)22(28)24(29)36-23)4-9-17(18)25(35-19)33-16-7-5-15(6-8-16)26(30,31)32/h4-9,12H,3,10-11H2,1-2H3,(H,33,34,35). The second kappa shape index (κ2) is 10.6. The Balaban J connectivity index is 1.78. The summed E-state index contributed by atoms with van der Waals surface area (Å²) in [4.78, 5) is 24.2. The third kappa shape index (κ3) is 5.68. The van der Waals surface area contributed by atoms with Gasteiger partial charge in [0.2, 0.25) is 5.82 Å². The minimum absolute atomic E-state index is 0.0339. The number of ether oxygens (including phenoxy) is 1. The second-order valence-corrected chi connectivity index (χ2v) is 8.23. The van der Waals surface area contributed by atoms with Gasteiger partial charge in [0.25, 0.3) is 5.95 Å². The number of halogens is 6. The number of carbonyl (C=O) groups excluding carboxylic acids is 1. The van der Waals surface area contributed by atoms with Crippen molar-refractivity contribution >= 4 is 28.4 Å². The largest absolute Gasteiger partial charge is 0.466 e. The van der Waals surface area contributed by atoms with E-state index in [1.54, 1.807) is 6.92 Å². The van der Waals surface area contributed by atoms with Crippen LogP contribution in [0, 0.1) is 24.5 Å². The van der Waals surface area contributed by atoms with Gasteiger partial charge in [0.15, 0.2) is 5.82 Å². The maximum atomic E-state index is 14.2. The maximum absolute atomic E-state index is 14.2. The average molecular weight is 534 g/mol. The number of benzene rings is 2. The van der Waals surface area contributed by atoms with Crippen molar-refractivity contribution in [2.75, 3.05) is 11.9 Å². The molecule has 0 amide bonds. The van der Waals surface area contributed by atoms with E-state index < -0.39 is 35.3 Å². The van der Waals surface area contributed by atoms with Crippen molar-refractivity contribution in [3.05, 3.63) is 77.0 Å². The summed E-state index contributed by atoms with van der Waals surface area (Å²) < 4.78 is 85.4. The zero-order valence-corrected chi connectivity index (χ0v) is 20.1. The topological polar surface area (TPSA) is 77.0 Å². The zero-order valence-electron chi connectivity index (χ0n) is 20.1. The number of nitrogens with one attached hydrogen (secondary N) is 1. The quantitative estimate of drug-likeness (QED) is 0.162. The van der Waals surface area contributed by atoms with Crippen molar-refractivity contribution in [3.8, 4) is 11.3 Å². The molecule has 0 aliphatic rings. The van der Waals surface area contributed by atoms with Crippen LogP contribution in [0.1, 0.15) is 30.3 Å². The highest BCUT2D eigenvalue weighted by atomic mass is 19.4. The highest BCUT2D eigenvalue weighted by molar-refractivity contribution is 5.93. The van der Waals surface area contributed by atoms with E-state index in [-0.39, 0.29) is 53.4 Å². The fraction of sp³-hybridized carbons (Fsp3) is 0.231. The highest BCUT2D eigenvalue weighted by Crippen LogP contribution is 2.33. The Morgan fingerprint density at radius 3 is 2.34 bits per heavy atom. The first-order valence-electron chi connectivity index (χ1n) is 11.4. The van der Waals surface area contributed by atoms with Crippen LogP contribution in [-0.2, 0) is 22.1 Å². The zero-order chi connectivity index (χ0) is 27.6. The van der Waals surface area contributed by atoms with Gasteiger partial charge in [-0.2, -0.15) is 22.0 Å². The van der Waals surface area contributed by atoms with Crippen LogP contribution in [0.25, 0.3) is 22.2 Å². The van der Waals surface area contributed by atoms with Crippen LogP contribution in [0.4, 0.5) is 37.8 Å². The van der Waals surface area contributed by atoms with Gasteiger partial charge in [-0.1, -0.05) is 6.07 Å². The summed E-state index contributed by atoms with van der Waals surface area (Å²) in [5, 5.41) is 3.38. The summed E-state index contributed by atoms with van der Waals surface area (Å²) >= 11 is 0. The molecule has 38 heavy (non-hydrogen) atoms. The van der Waals surface area contributed by atoms with Gasteiger partial charge in [-0.25, -0.2) is 19.3 Å². The third-order valence-corrected chi connectivity index (χ3v) is 5.62. The van der Waals surface area contributed by atoms with E-state index in [0.717, 1.165) is 12.1 Å². The number of alkyl halides is 3. The van der Waals surface area contributed by atoms with Crippen LogP contribution in [0.5, 0.6) is 0 Å². The molecule has 2 aromatic carbocycles. The number of carbonyl (C=O) groups is 1. The summed E-state index contributed by atoms with van der Waals surface area (Å²) in [6.07, 6.45) is -4.45. The summed E-state index contributed by atoms with van der Waals surface area (Å²) in [6.45, 7) is 3.11. The van der Waals surface area contributed by atoms with Gasteiger partial charge in [-0.05, 0) is 50.2 Å². The molecular weight excluding hydrogens is 514 g/mol. The average Bonchev–Trinajstić information content (AvgIpc) is 2.88. The van der Waals surface area contributed by atoms with Gasteiger partial charge in [0.05, 0.1) is 29.8 Å². The smallest absolute Gasteiger partial charge is 0.416 e. The summed E-state index contributed by atoms with van der Waals surface area (Å²) in [7, 11) is 0. The van der Waals surface area contributed by atoms with E-state index in [1.165, 1.54) is 37.3 Å². The first-order chi connectivity index (χ1) is 18.0. The molecule has 6 nitrogen and oxygen atoms in total. The number of pyridine rings is 1. The Kier molecular flexibility index (Phi) is 7.51. The van der Waals surface area contributed by atoms with Gasteiger partial charge in [0.1, 0.15) is 11.6 Å². The molecule has 0 aliphatic carbocycles. The molecule has 4 rings (SSSR count). The number of nitrogens with zero attached hydrogens (tertiary/aromatic N) is 3. The van der Waals surface area contributed by atoms with E-state index in [9.17, 15) is 31.1 Å². The lowest BCUT2D eigenvalue weighted by atomic mass is 10.0. The molecule has 0 unspecified atom stereocenters. The van der Waals surface area contributed by atoms with Crippen LogP contribution in [0.2, 0.25) is 0 Å². The minimum Gasteiger partial charge on any atom is -0.466 e. The Morgan fingerprint density at radius 1 is 0.974 bits per heavy atom. The van der Waals surface area contributed by atoms with Gasteiger partial charge >= 0.3 is 12.1 Å². The molecule has 0 bridgehead atoms. The first kappa shape index (κ1) is 26.8. The molecule has 0 radical (unpaired) electrons. The fourth-order valence-electron chi connectivity index (χ4n) is 3.73. The molecular formula is C26H20F6N4O2. The Morgan fingerprint density at radius 2 is 1.68 bits per heavy atom. The van der Waals surface area contributed by atoms with Gasteiger partial charge in [0, 0.05) is 28.6 Å². The summed E-state index contributed by atoms with van der Waals surface area (Å²) in [5.74, 6) is -4.68. The minimum atomic E-state index is -4.50. The highest BCUT2D eigenvalue weighted by Gasteiger charge is 2.30. The van der Waals surface area contributed by atoms with Crippen LogP contribution >= 0.6 is 0 Å². The lowest BCUT2D eigenvalue weighted by Gasteiger charge is -2.14. The molecule has 2 aromatic heterocycles. The molecule has 0 spiro atoms. The van der Waals surface area contributed by atoms with Crippen LogP contribution in [-0.4, -0.2) is 27.5 Å². The van der Waals surface area contributed by atoms with Crippen molar-refractivity contribution in [1.29, 1.82) is 0 Å². The van der Waals surface area contributed by atoms with Crippen LogP contribution in [0.15, 0.2) is 42.5 Å². The van der Waals surface area contributed by atoms with E-state index in [1.807, 2.05) is 0 Å². The van der Waals surface area contributed by atoms with Gasteiger partial charge in [-0.3, -0.25) is 4.79 Å². The van der Waals surface area contributed by atoms with Crippen LogP contribution in [0.3, 0.4) is 0 Å². The number of hydrogen-bond acceptors (Lipinski definition) is 6. The van der Waals surface area contributed by atoms with E-state index in [2.05, 4.69) is 20.3 Å². The maximum Gasteiger partial charge on any atom is 0.416 e. The van der Waals surface area contributed by atoms with E-state index in [0.29, 0.717) is 11.1 Å². The Labute approximate surface area is 212 Å². The van der Waals surface area contributed by atoms with Crippen molar-refractivity contribution in [3.63, 3.8) is 0 Å². The molecule has 0 fully saturated rings. The predicted molar refractivity (Wildman–Crippen MR) is 127 cm³/mol. The number of aryl methyl sites for hydroxylation is 1. The number of fused-ring (bicyclic) bond motifs is 1. The molecule has 0 saturated carbocycles. The lowest BCUT2D eigenvalue weighted by molar-refractivity contribution is -0.143. The third-order valence-electron chi connectivity index (χ3n) is 5.62. The monoisotopic (exact) mass is 534 g/mol. The molecule has 0 aliphatic heterocycles. The molecule has 1 N–H and O–H groups in total. The number of hydrogen-bond donors (Lipinski definition) is 1. The normalized spacial score (nSPS) is 11.6. The SMILES string of the molecule is CCOC(=O)CCc1nc(Nc2ccc(C(F)(F)F)cc2)c2ccc(-c3nc(F)c(F)c(F)c3C)cc2n1. The van der Waals surface area contributed by atoms with Gasteiger partial charge < -0.3 is 10.1 Å². The van der Waals surface area contributed by atoms with Crippen molar-refractivity contribution in [2.45, 2.75) is 32.9 Å². The van der Waals surface area contributed by atoms with Crippen molar-refractivity contribution < 1.29 is 35.9 Å². The molecule has 2 heterocycles. The number of esters is 1. The van der Waals surface area contributed by atoms with Crippen molar-refractivity contribution in [2.24, 2.45) is 0 Å². The number of anilines is 2. The molecule has 0 atom stereocenters. The second-order valence-electron chi connectivity index (χ2n) is 8.23. The Bertz CT molecular complexity index is 1510. The molecule has 12 heteroatoms. The van der Waals surface area contributed by atoms with Crippen molar-refractivity contribution in [1.82, 2.24) is 15.0 Å². The first-order valence-corrected chi connectivity index (χ1v) is 11.4. The lowest BCUT2D eigenvalue weighted by Crippen LogP contribution is -2.08.